The second-order valence-corrected chi connectivity index (χ2v) is 16.1. The van der Waals surface area contributed by atoms with Crippen LogP contribution in [0.4, 0.5) is 17.1 Å². The highest BCUT2D eigenvalue weighted by molar-refractivity contribution is 6.11. The van der Waals surface area contributed by atoms with E-state index in [2.05, 4.69) is 240 Å². The smallest absolute Gasteiger partial charge is 0.143 e. The maximum absolute atomic E-state index is 6.50. The molecule has 0 fully saturated rings. The minimum atomic E-state index is 0.898. The van der Waals surface area contributed by atoms with Gasteiger partial charge in [-0.1, -0.05) is 182 Å². The van der Waals surface area contributed by atoms with Crippen LogP contribution in [-0.4, -0.2) is 4.57 Å². The Bertz CT molecular complexity index is 3560. The predicted molar refractivity (Wildman–Crippen MR) is 264 cm³/mol. The summed E-state index contributed by atoms with van der Waals surface area (Å²) in [5.41, 5.74) is 17.8. The van der Waals surface area contributed by atoms with Crippen molar-refractivity contribution in [2.45, 2.75) is 0 Å². The minimum Gasteiger partial charge on any atom is -0.455 e. The number of furan rings is 1. The number of aromatic nitrogens is 1. The van der Waals surface area contributed by atoms with E-state index in [1.54, 1.807) is 0 Å². The average molecular weight is 805 g/mol. The Hall–Kier alpha value is -8.40. The third kappa shape index (κ3) is 6.38. The third-order valence-electron chi connectivity index (χ3n) is 12.4. The first-order chi connectivity index (χ1) is 31.2. The fraction of sp³-hybridized carbons (Fsp3) is 0. The zero-order valence-electron chi connectivity index (χ0n) is 34.4. The highest BCUT2D eigenvalue weighted by atomic mass is 16.3. The molecule has 0 aliphatic carbocycles. The lowest BCUT2D eigenvalue weighted by Gasteiger charge is -2.27. The van der Waals surface area contributed by atoms with Crippen LogP contribution in [0, 0.1) is 0 Å². The number of hydrogen-bond donors (Lipinski definition) is 0. The number of nitrogens with zero attached hydrogens (tertiary/aromatic N) is 2. The molecule has 0 aliphatic heterocycles. The van der Waals surface area contributed by atoms with Crippen LogP contribution in [0.1, 0.15) is 0 Å². The number of benzene rings is 10. The molecule has 0 amide bonds. The van der Waals surface area contributed by atoms with Gasteiger partial charge in [-0.15, -0.1) is 0 Å². The number of hydrogen-bond acceptors (Lipinski definition) is 2. The first-order valence-electron chi connectivity index (χ1n) is 21.5. The van der Waals surface area contributed by atoms with E-state index < -0.39 is 0 Å². The standard InChI is InChI=1S/C60H40N2O/c1-2-15-41(16-3-1)45-17-12-19-48(39-45)61(49-20-13-18-46(40-49)51-25-14-26-55-54-24-7-11-30-59(54)63-60(51)55)47-37-35-43(36-38-47)42-31-33-44(34-32-42)50-21-4-8-27-56(50)62-57-28-9-5-22-52(57)53-23-6-10-29-58(53)62/h1-40H. The summed E-state index contributed by atoms with van der Waals surface area (Å²) >= 11 is 0. The molecule has 296 valence electrons. The van der Waals surface area contributed by atoms with Crippen molar-refractivity contribution in [2.24, 2.45) is 0 Å². The van der Waals surface area contributed by atoms with Gasteiger partial charge in [-0.25, -0.2) is 0 Å². The lowest BCUT2D eigenvalue weighted by Crippen LogP contribution is -2.10. The number of para-hydroxylation sites is 5. The van der Waals surface area contributed by atoms with Crippen LogP contribution in [0.5, 0.6) is 0 Å². The third-order valence-corrected chi connectivity index (χ3v) is 12.4. The van der Waals surface area contributed by atoms with E-state index in [-0.39, 0.29) is 0 Å². The fourth-order valence-corrected chi connectivity index (χ4v) is 9.43. The van der Waals surface area contributed by atoms with E-state index in [9.17, 15) is 0 Å². The van der Waals surface area contributed by atoms with Gasteiger partial charge >= 0.3 is 0 Å². The Morgan fingerprint density at radius 2 is 0.794 bits per heavy atom. The van der Waals surface area contributed by atoms with Gasteiger partial charge in [0.2, 0.25) is 0 Å². The second-order valence-electron chi connectivity index (χ2n) is 16.1. The minimum absolute atomic E-state index is 0.898. The van der Waals surface area contributed by atoms with Gasteiger partial charge < -0.3 is 13.9 Å². The molecule has 0 saturated heterocycles. The van der Waals surface area contributed by atoms with Gasteiger partial charge in [-0.3, -0.25) is 0 Å². The molecule has 10 aromatic carbocycles. The molecule has 2 heterocycles. The van der Waals surface area contributed by atoms with Crippen molar-refractivity contribution in [3.63, 3.8) is 0 Å². The van der Waals surface area contributed by atoms with Gasteiger partial charge in [-0.05, 0) is 94.0 Å². The van der Waals surface area contributed by atoms with Crippen LogP contribution in [0.15, 0.2) is 247 Å². The van der Waals surface area contributed by atoms with E-state index in [1.165, 1.54) is 44.2 Å². The van der Waals surface area contributed by atoms with Gasteiger partial charge in [0.1, 0.15) is 11.2 Å². The van der Waals surface area contributed by atoms with Gasteiger partial charge in [-0.2, -0.15) is 0 Å². The van der Waals surface area contributed by atoms with Crippen molar-refractivity contribution in [3.8, 4) is 50.2 Å². The zero-order chi connectivity index (χ0) is 41.7. The number of rotatable bonds is 8. The molecule has 3 heteroatoms. The predicted octanol–water partition coefficient (Wildman–Crippen LogP) is 16.8. The van der Waals surface area contributed by atoms with Gasteiger partial charge in [0.05, 0.1) is 16.7 Å². The Kier molecular flexibility index (Phi) is 8.83. The summed E-state index contributed by atoms with van der Waals surface area (Å²) < 4.78 is 8.90. The van der Waals surface area contributed by atoms with Crippen molar-refractivity contribution in [2.75, 3.05) is 4.90 Å². The van der Waals surface area contributed by atoms with Crippen LogP contribution < -0.4 is 4.90 Å². The molecule has 0 atom stereocenters. The molecule has 2 aromatic heterocycles. The van der Waals surface area contributed by atoms with E-state index in [1.807, 2.05) is 12.1 Å². The highest BCUT2D eigenvalue weighted by Crippen LogP contribution is 2.42. The van der Waals surface area contributed by atoms with E-state index >= 15 is 0 Å². The summed E-state index contributed by atoms with van der Waals surface area (Å²) in [7, 11) is 0. The average Bonchev–Trinajstić information content (AvgIpc) is 3.91. The summed E-state index contributed by atoms with van der Waals surface area (Å²) in [6.07, 6.45) is 0. The van der Waals surface area contributed by atoms with Gasteiger partial charge in [0.25, 0.3) is 0 Å². The number of anilines is 3. The largest absolute Gasteiger partial charge is 0.455 e. The van der Waals surface area contributed by atoms with Crippen molar-refractivity contribution in [1.82, 2.24) is 4.57 Å². The van der Waals surface area contributed by atoms with E-state index in [0.717, 1.165) is 66.8 Å². The van der Waals surface area contributed by atoms with Crippen molar-refractivity contribution < 1.29 is 4.42 Å². The van der Waals surface area contributed by atoms with Gasteiger partial charge in [0.15, 0.2) is 0 Å². The van der Waals surface area contributed by atoms with Crippen molar-refractivity contribution >= 4 is 60.8 Å². The summed E-state index contributed by atoms with van der Waals surface area (Å²) in [5, 5.41) is 4.77. The summed E-state index contributed by atoms with van der Waals surface area (Å²) in [5.74, 6) is 0. The Labute approximate surface area is 366 Å². The van der Waals surface area contributed by atoms with E-state index in [4.69, 9.17) is 4.42 Å². The normalized spacial score (nSPS) is 11.5. The number of fused-ring (bicyclic) bond motifs is 6. The fourth-order valence-electron chi connectivity index (χ4n) is 9.43. The van der Waals surface area contributed by atoms with Crippen LogP contribution in [0.3, 0.4) is 0 Å². The van der Waals surface area contributed by atoms with Crippen LogP contribution in [0.25, 0.3) is 93.9 Å². The topological polar surface area (TPSA) is 21.3 Å². The Balaban J connectivity index is 0.917. The molecule has 0 N–H and O–H groups in total. The molecule has 0 spiro atoms. The maximum Gasteiger partial charge on any atom is 0.143 e. The molecule has 12 rings (SSSR count). The Morgan fingerprint density at radius 1 is 0.302 bits per heavy atom. The maximum atomic E-state index is 6.50. The molecular formula is C60H40N2O. The van der Waals surface area contributed by atoms with Crippen LogP contribution >= 0.6 is 0 Å². The van der Waals surface area contributed by atoms with Crippen LogP contribution in [-0.2, 0) is 0 Å². The summed E-state index contributed by atoms with van der Waals surface area (Å²) in [6, 6.07) is 87.0. The van der Waals surface area contributed by atoms with Gasteiger partial charge in [0, 0.05) is 49.7 Å². The molecular weight excluding hydrogens is 765 g/mol. The molecule has 0 bridgehead atoms. The molecule has 63 heavy (non-hydrogen) atoms. The molecule has 12 aromatic rings. The molecule has 0 unspecified atom stereocenters. The first kappa shape index (κ1) is 36.5. The van der Waals surface area contributed by atoms with Crippen molar-refractivity contribution in [3.05, 3.63) is 243 Å². The first-order valence-corrected chi connectivity index (χ1v) is 21.5. The molecule has 0 radical (unpaired) electrons. The lowest BCUT2D eigenvalue weighted by atomic mass is 9.98. The molecule has 0 aliphatic rings. The lowest BCUT2D eigenvalue weighted by molar-refractivity contribution is 0.670. The molecule has 0 saturated carbocycles. The summed E-state index contributed by atoms with van der Waals surface area (Å²) in [6.45, 7) is 0. The van der Waals surface area contributed by atoms with E-state index in [0.29, 0.717) is 0 Å². The quantitative estimate of drug-likeness (QED) is 0.153. The second kappa shape index (κ2) is 15.3. The monoisotopic (exact) mass is 804 g/mol. The van der Waals surface area contributed by atoms with Crippen molar-refractivity contribution in [1.29, 1.82) is 0 Å². The zero-order valence-corrected chi connectivity index (χ0v) is 34.4. The highest BCUT2D eigenvalue weighted by Gasteiger charge is 2.18. The molecule has 3 nitrogen and oxygen atoms in total. The Morgan fingerprint density at radius 3 is 1.52 bits per heavy atom. The van der Waals surface area contributed by atoms with Crippen LogP contribution in [0.2, 0.25) is 0 Å². The SMILES string of the molecule is c1ccc(-c2cccc(N(c3ccc(-c4ccc(-c5ccccc5-n5c6ccccc6c6ccccc65)cc4)cc3)c3cccc(-c4cccc5c4oc4ccccc45)c3)c2)cc1. The summed E-state index contributed by atoms with van der Waals surface area (Å²) in [4.78, 5) is 2.35.